The fourth-order valence-corrected chi connectivity index (χ4v) is 0.703. The van der Waals surface area contributed by atoms with Crippen LogP contribution in [0, 0.1) is 5.92 Å². The van der Waals surface area contributed by atoms with Crippen LogP contribution in [0.15, 0.2) is 0 Å². The third-order valence-electron chi connectivity index (χ3n) is 1.64. The molecule has 2 atom stereocenters. The Hall–Kier alpha value is -0.110. The van der Waals surface area contributed by atoms with E-state index < -0.39 is 0 Å². The van der Waals surface area contributed by atoms with Crippen molar-refractivity contribution in [1.82, 2.24) is 0 Å². The maximum Gasteiger partial charge on any atom is 0.0940 e. The number of alkyl halides is 1. The monoisotopic (exact) mass is 103 g/mol. The average Bonchev–Trinajstić information content (AvgIpc) is 2.13. The molecule has 0 aliphatic heterocycles. The van der Waals surface area contributed by atoms with Gasteiger partial charge in [0.1, 0.15) is 0 Å². The third kappa shape index (κ3) is 0.752. The van der Waals surface area contributed by atoms with Gasteiger partial charge in [0.25, 0.3) is 0 Å². The summed E-state index contributed by atoms with van der Waals surface area (Å²) in [7, 11) is 0. The lowest BCUT2D eigenvalue weighted by Crippen LogP contribution is -2.19. The van der Waals surface area contributed by atoms with Crippen LogP contribution in [0.3, 0.4) is 0 Å². The Morgan fingerprint density at radius 2 is 2.43 bits per heavy atom. The minimum atomic E-state index is -0.243. The van der Waals surface area contributed by atoms with Crippen molar-refractivity contribution in [3.8, 4) is 0 Å². The molecule has 42 valence electrons. The van der Waals surface area contributed by atoms with Gasteiger partial charge in [-0.2, -0.15) is 0 Å². The molecule has 1 rings (SSSR count). The molecule has 1 saturated carbocycles. The fraction of sp³-hybridized carbons (Fsp3) is 1.00. The maximum atomic E-state index is 11.6. The smallest absolute Gasteiger partial charge is 0.0940 e. The Kier molecular flexibility index (Phi) is 0.854. The first-order valence-electron chi connectivity index (χ1n) is 2.51. The fourth-order valence-electron chi connectivity index (χ4n) is 0.703. The molecule has 0 spiro atoms. The van der Waals surface area contributed by atoms with Gasteiger partial charge in [-0.1, -0.05) is 0 Å². The van der Waals surface area contributed by atoms with Crippen LogP contribution in [0.4, 0.5) is 4.39 Å². The van der Waals surface area contributed by atoms with Gasteiger partial charge in [0.05, 0.1) is 6.67 Å². The normalized spacial score (nSPS) is 49.3. The van der Waals surface area contributed by atoms with Crippen LogP contribution >= 0.6 is 0 Å². The van der Waals surface area contributed by atoms with Crippen LogP contribution in [0.5, 0.6) is 0 Å². The molecular weight excluding hydrogens is 93.1 g/mol. The molecule has 0 amide bonds. The molecule has 1 nitrogen and oxygen atoms in total. The van der Waals surface area contributed by atoms with Crippen LogP contribution in [-0.4, -0.2) is 12.2 Å². The SMILES string of the molecule is CC1(N)CC1CF. The van der Waals surface area contributed by atoms with Gasteiger partial charge in [0.15, 0.2) is 0 Å². The van der Waals surface area contributed by atoms with Crippen LogP contribution in [0.25, 0.3) is 0 Å². The van der Waals surface area contributed by atoms with Gasteiger partial charge in [0.2, 0.25) is 0 Å². The van der Waals surface area contributed by atoms with Crippen molar-refractivity contribution < 1.29 is 4.39 Å². The predicted molar refractivity (Wildman–Crippen MR) is 26.7 cm³/mol. The Morgan fingerprint density at radius 1 is 2.00 bits per heavy atom. The zero-order chi connectivity index (χ0) is 5.49. The first-order valence-corrected chi connectivity index (χ1v) is 2.51. The summed E-state index contributed by atoms with van der Waals surface area (Å²) in [6, 6.07) is 0. The molecule has 2 N–H and O–H groups in total. The van der Waals surface area contributed by atoms with Crippen LogP contribution in [0.1, 0.15) is 13.3 Å². The molecule has 2 unspecified atom stereocenters. The molecule has 1 aliphatic rings. The van der Waals surface area contributed by atoms with E-state index in [-0.39, 0.29) is 18.1 Å². The number of hydrogen-bond acceptors (Lipinski definition) is 1. The van der Waals surface area contributed by atoms with E-state index in [0.29, 0.717) is 0 Å². The van der Waals surface area contributed by atoms with Crippen LogP contribution in [0.2, 0.25) is 0 Å². The highest BCUT2D eigenvalue weighted by atomic mass is 19.1. The molecule has 0 aromatic carbocycles. The summed E-state index contributed by atoms with van der Waals surface area (Å²) in [6.45, 7) is 1.64. The summed E-state index contributed by atoms with van der Waals surface area (Å²) in [5.74, 6) is 0.160. The van der Waals surface area contributed by atoms with Crippen molar-refractivity contribution in [1.29, 1.82) is 0 Å². The van der Waals surface area contributed by atoms with Crippen molar-refractivity contribution >= 4 is 0 Å². The number of rotatable bonds is 1. The molecular formula is C5H10FN. The lowest BCUT2D eigenvalue weighted by atomic mass is 10.3. The van der Waals surface area contributed by atoms with E-state index in [9.17, 15) is 4.39 Å². The highest BCUT2D eigenvalue weighted by Gasteiger charge is 2.46. The number of halogens is 1. The molecule has 1 aliphatic carbocycles. The van der Waals surface area contributed by atoms with E-state index in [1.807, 2.05) is 6.92 Å². The van der Waals surface area contributed by atoms with E-state index in [4.69, 9.17) is 5.73 Å². The van der Waals surface area contributed by atoms with Crippen LogP contribution < -0.4 is 5.73 Å². The summed E-state index contributed by atoms with van der Waals surface area (Å²) in [4.78, 5) is 0. The molecule has 0 bridgehead atoms. The van der Waals surface area contributed by atoms with Crippen molar-refractivity contribution in [2.45, 2.75) is 18.9 Å². The Balaban J connectivity index is 2.30. The van der Waals surface area contributed by atoms with Gasteiger partial charge in [-0.3, -0.25) is 4.39 Å². The highest BCUT2D eigenvalue weighted by Crippen LogP contribution is 2.40. The summed E-state index contributed by atoms with van der Waals surface area (Å²) >= 11 is 0. The van der Waals surface area contributed by atoms with Crippen molar-refractivity contribution in [2.75, 3.05) is 6.67 Å². The zero-order valence-corrected chi connectivity index (χ0v) is 4.45. The van der Waals surface area contributed by atoms with E-state index in [2.05, 4.69) is 0 Å². The lowest BCUT2D eigenvalue weighted by Gasteiger charge is -1.95. The van der Waals surface area contributed by atoms with Gasteiger partial charge in [-0.15, -0.1) is 0 Å². The second-order valence-electron chi connectivity index (χ2n) is 2.56. The molecule has 2 heteroatoms. The molecule has 1 fully saturated rings. The Bertz CT molecular complexity index is 80.1. The molecule has 0 heterocycles. The molecule has 0 aromatic rings. The van der Waals surface area contributed by atoms with Crippen LogP contribution in [-0.2, 0) is 0 Å². The van der Waals surface area contributed by atoms with Crippen molar-refractivity contribution in [2.24, 2.45) is 11.7 Å². The van der Waals surface area contributed by atoms with Gasteiger partial charge >= 0.3 is 0 Å². The maximum absolute atomic E-state index is 11.6. The minimum Gasteiger partial charge on any atom is -0.325 e. The van der Waals surface area contributed by atoms with E-state index in [0.717, 1.165) is 6.42 Å². The van der Waals surface area contributed by atoms with E-state index >= 15 is 0 Å². The van der Waals surface area contributed by atoms with Gasteiger partial charge in [-0.25, -0.2) is 0 Å². The first-order chi connectivity index (χ1) is 3.17. The predicted octanol–water partition coefficient (Wildman–Crippen LogP) is 0.693. The summed E-state index contributed by atoms with van der Waals surface area (Å²) in [5.41, 5.74) is 5.32. The second-order valence-corrected chi connectivity index (χ2v) is 2.56. The van der Waals surface area contributed by atoms with Gasteiger partial charge in [-0.05, 0) is 13.3 Å². The van der Waals surface area contributed by atoms with Crippen molar-refractivity contribution in [3.63, 3.8) is 0 Å². The Morgan fingerprint density at radius 3 is 2.43 bits per heavy atom. The second kappa shape index (κ2) is 1.19. The molecule has 0 aromatic heterocycles. The topological polar surface area (TPSA) is 26.0 Å². The summed E-state index contributed by atoms with van der Waals surface area (Å²) in [6.07, 6.45) is 0.865. The van der Waals surface area contributed by atoms with Crippen molar-refractivity contribution in [3.05, 3.63) is 0 Å². The zero-order valence-electron chi connectivity index (χ0n) is 4.45. The Labute approximate surface area is 42.7 Å². The molecule has 0 saturated heterocycles. The van der Waals surface area contributed by atoms with Gasteiger partial charge in [0, 0.05) is 11.5 Å². The third-order valence-corrected chi connectivity index (χ3v) is 1.64. The van der Waals surface area contributed by atoms with Gasteiger partial charge < -0.3 is 5.73 Å². The lowest BCUT2D eigenvalue weighted by molar-refractivity contribution is 0.431. The molecule has 7 heavy (non-hydrogen) atoms. The standard InChI is InChI=1S/C5H10FN/c1-5(7)2-4(5)3-6/h4H,2-3,7H2,1H3. The largest absolute Gasteiger partial charge is 0.325 e. The summed E-state index contributed by atoms with van der Waals surface area (Å²) in [5, 5.41) is 0. The molecule has 0 radical (unpaired) electrons. The van der Waals surface area contributed by atoms with E-state index in [1.54, 1.807) is 0 Å². The van der Waals surface area contributed by atoms with E-state index in [1.165, 1.54) is 0 Å². The quantitative estimate of drug-likeness (QED) is 0.519. The minimum absolute atomic E-state index is 0.158. The first kappa shape index (κ1) is 5.04. The number of nitrogens with two attached hydrogens (primary N) is 1. The highest BCUT2D eigenvalue weighted by molar-refractivity contribution is 5.03. The number of hydrogen-bond donors (Lipinski definition) is 1. The summed E-state index contributed by atoms with van der Waals surface area (Å²) < 4.78 is 11.6. The average molecular weight is 103 g/mol.